The Balaban J connectivity index is 2.54. The number of methoxy groups -OCH3 is 1. The molecule has 1 aromatic rings. The molecule has 0 spiro atoms. The maximum Gasteiger partial charge on any atom is 0.215 e. The van der Waals surface area contributed by atoms with Crippen molar-refractivity contribution in [2.75, 3.05) is 20.2 Å². The summed E-state index contributed by atoms with van der Waals surface area (Å²) in [6, 6.07) is 7.61. The fraction of sp³-hybridized carbons (Fsp3) is 0.571. The molecule has 0 fully saturated rings. The van der Waals surface area contributed by atoms with Crippen molar-refractivity contribution in [3.8, 4) is 0 Å². The molecule has 0 saturated heterocycles. The molecule has 0 aliphatic rings. The van der Waals surface area contributed by atoms with Crippen LogP contribution in [0.2, 0.25) is 0 Å². The van der Waals surface area contributed by atoms with Gasteiger partial charge in [0.15, 0.2) is 0 Å². The second-order valence-electron chi connectivity index (χ2n) is 4.75. The second-order valence-corrected chi connectivity index (χ2v) is 6.56. The molecule has 2 N–H and O–H groups in total. The van der Waals surface area contributed by atoms with Gasteiger partial charge in [0, 0.05) is 20.2 Å². The van der Waals surface area contributed by atoms with E-state index in [-0.39, 0.29) is 18.4 Å². The Hall–Kier alpha value is -0.950. The van der Waals surface area contributed by atoms with Crippen molar-refractivity contribution in [3.63, 3.8) is 0 Å². The highest BCUT2D eigenvalue weighted by Crippen LogP contribution is 2.08. The minimum Gasteiger partial charge on any atom is -0.380 e. The number of benzene rings is 1. The number of hydrogen-bond acceptors (Lipinski definition) is 4. The van der Waals surface area contributed by atoms with E-state index >= 15 is 0 Å². The average Bonchev–Trinajstić information content (AvgIpc) is 2.43. The van der Waals surface area contributed by atoms with Crippen LogP contribution >= 0.6 is 0 Å². The van der Waals surface area contributed by atoms with E-state index in [9.17, 15) is 8.42 Å². The van der Waals surface area contributed by atoms with Gasteiger partial charge in [-0.3, -0.25) is 0 Å². The molecule has 0 aromatic heterocycles. The normalized spacial score (nSPS) is 13.3. The van der Waals surface area contributed by atoms with Gasteiger partial charge in [-0.2, -0.15) is 0 Å². The van der Waals surface area contributed by atoms with Gasteiger partial charge in [0.2, 0.25) is 10.0 Å². The molecule has 0 amide bonds. The third-order valence-corrected chi connectivity index (χ3v) is 4.27. The maximum absolute atomic E-state index is 11.9. The summed E-state index contributed by atoms with van der Waals surface area (Å²) in [5.74, 6) is -0.00901. The third kappa shape index (κ3) is 6.47. The van der Waals surface area contributed by atoms with Gasteiger partial charge in [-0.05, 0) is 24.6 Å². The molecule has 0 bridgehead atoms. The molecule has 1 atom stereocenters. The fourth-order valence-corrected chi connectivity index (χ4v) is 2.84. The summed E-state index contributed by atoms with van der Waals surface area (Å²) in [5.41, 5.74) is 1.93. The number of rotatable bonds is 9. The van der Waals surface area contributed by atoms with E-state index in [0.29, 0.717) is 0 Å². The zero-order valence-electron chi connectivity index (χ0n) is 12.3. The lowest BCUT2D eigenvalue weighted by Crippen LogP contribution is -2.32. The Bertz CT molecular complexity index is 486. The predicted molar refractivity (Wildman–Crippen MR) is 80.9 cm³/mol. The molecule has 0 aliphatic heterocycles. The maximum atomic E-state index is 11.9. The highest BCUT2D eigenvalue weighted by molar-refractivity contribution is 7.88. The molecule has 1 rings (SSSR count). The summed E-state index contributed by atoms with van der Waals surface area (Å²) >= 11 is 0. The first-order valence-corrected chi connectivity index (χ1v) is 8.40. The third-order valence-electron chi connectivity index (χ3n) is 2.95. The van der Waals surface area contributed by atoms with Crippen molar-refractivity contribution >= 4 is 10.0 Å². The number of ether oxygens (including phenoxy) is 1. The summed E-state index contributed by atoms with van der Waals surface area (Å²) < 4.78 is 31.4. The van der Waals surface area contributed by atoms with E-state index in [2.05, 4.69) is 10.0 Å². The first kappa shape index (κ1) is 17.1. The van der Waals surface area contributed by atoms with Crippen LogP contribution in [0.5, 0.6) is 0 Å². The van der Waals surface area contributed by atoms with Gasteiger partial charge in [-0.15, -0.1) is 0 Å². The molecule has 5 nitrogen and oxygen atoms in total. The molecule has 1 aromatic carbocycles. The molecular weight excluding hydrogens is 276 g/mol. The van der Waals surface area contributed by atoms with Gasteiger partial charge >= 0.3 is 0 Å². The second kappa shape index (κ2) is 8.36. The predicted octanol–water partition coefficient (Wildman–Crippen LogP) is 1.25. The van der Waals surface area contributed by atoms with Crippen molar-refractivity contribution < 1.29 is 13.2 Å². The zero-order valence-corrected chi connectivity index (χ0v) is 13.2. The standard InChI is InChI=1S/C14H24N2O3S/c1-4-15-10-13-5-7-14(8-6-13)11-20(17,18)16-9-12(2)19-3/h5-8,12,15-16H,4,9-11H2,1-3H3. The van der Waals surface area contributed by atoms with E-state index in [1.165, 1.54) is 0 Å². The molecule has 0 aliphatic carbocycles. The number of hydrogen-bond donors (Lipinski definition) is 2. The van der Waals surface area contributed by atoms with Crippen LogP contribution in [0.3, 0.4) is 0 Å². The van der Waals surface area contributed by atoms with Crippen molar-refractivity contribution in [1.29, 1.82) is 0 Å². The monoisotopic (exact) mass is 300 g/mol. The Kier molecular flexibility index (Phi) is 7.15. The molecule has 6 heteroatoms. The summed E-state index contributed by atoms with van der Waals surface area (Å²) in [5, 5.41) is 3.23. The van der Waals surface area contributed by atoms with Crippen LogP contribution in [0.15, 0.2) is 24.3 Å². The molecular formula is C14H24N2O3S. The molecule has 114 valence electrons. The lowest BCUT2D eigenvalue weighted by molar-refractivity contribution is 0.122. The number of sulfonamides is 1. The van der Waals surface area contributed by atoms with Gasteiger partial charge in [0.1, 0.15) is 0 Å². The van der Waals surface area contributed by atoms with E-state index in [1.807, 2.05) is 38.1 Å². The van der Waals surface area contributed by atoms with Crippen molar-refractivity contribution in [1.82, 2.24) is 10.0 Å². The highest BCUT2D eigenvalue weighted by Gasteiger charge is 2.12. The fourth-order valence-electron chi connectivity index (χ4n) is 1.62. The van der Waals surface area contributed by atoms with Crippen LogP contribution in [-0.2, 0) is 27.1 Å². The quantitative estimate of drug-likeness (QED) is 0.720. The average molecular weight is 300 g/mol. The number of nitrogens with one attached hydrogen (secondary N) is 2. The van der Waals surface area contributed by atoms with Crippen LogP contribution in [0.4, 0.5) is 0 Å². The SMILES string of the molecule is CCNCc1ccc(CS(=O)(=O)NCC(C)OC)cc1. The first-order chi connectivity index (χ1) is 9.46. The van der Waals surface area contributed by atoms with Crippen LogP contribution in [-0.4, -0.2) is 34.7 Å². The lowest BCUT2D eigenvalue weighted by atomic mass is 10.1. The minimum absolute atomic E-state index is 0.00901. The largest absolute Gasteiger partial charge is 0.380 e. The highest BCUT2D eigenvalue weighted by atomic mass is 32.2. The topological polar surface area (TPSA) is 67.4 Å². The minimum atomic E-state index is -3.32. The molecule has 0 radical (unpaired) electrons. The lowest BCUT2D eigenvalue weighted by Gasteiger charge is -2.11. The Morgan fingerprint density at radius 3 is 2.35 bits per heavy atom. The van der Waals surface area contributed by atoms with Gasteiger partial charge in [0.25, 0.3) is 0 Å². The van der Waals surface area contributed by atoms with Crippen molar-refractivity contribution in [2.24, 2.45) is 0 Å². The van der Waals surface area contributed by atoms with Gasteiger partial charge in [-0.25, -0.2) is 13.1 Å². The van der Waals surface area contributed by atoms with Gasteiger partial charge < -0.3 is 10.1 Å². The van der Waals surface area contributed by atoms with E-state index < -0.39 is 10.0 Å². The summed E-state index contributed by atoms with van der Waals surface area (Å²) in [4.78, 5) is 0. The molecule has 1 unspecified atom stereocenters. The van der Waals surface area contributed by atoms with Crippen LogP contribution in [0.1, 0.15) is 25.0 Å². The Morgan fingerprint density at radius 1 is 1.20 bits per heavy atom. The molecule has 0 heterocycles. The smallest absolute Gasteiger partial charge is 0.215 e. The summed E-state index contributed by atoms with van der Waals surface area (Å²) in [6.45, 7) is 5.87. The van der Waals surface area contributed by atoms with Gasteiger partial charge in [0.05, 0.1) is 11.9 Å². The van der Waals surface area contributed by atoms with Crippen molar-refractivity contribution in [3.05, 3.63) is 35.4 Å². The molecule has 20 heavy (non-hydrogen) atoms. The molecule has 0 saturated carbocycles. The van der Waals surface area contributed by atoms with E-state index in [1.54, 1.807) is 7.11 Å². The van der Waals surface area contributed by atoms with Gasteiger partial charge in [-0.1, -0.05) is 31.2 Å². The van der Waals surface area contributed by atoms with Crippen LogP contribution < -0.4 is 10.0 Å². The summed E-state index contributed by atoms with van der Waals surface area (Å²) in [7, 11) is -1.76. The first-order valence-electron chi connectivity index (χ1n) is 6.75. The van der Waals surface area contributed by atoms with Crippen molar-refractivity contribution in [2.45, 2.75) is 32.2 Å². The van der Waals surface area contributed by atoms with Crippen LogP contribution in [0.25, 0.3) is 0 Å². The Labute approximate surface area is 121 Å². The summed E-state index contributed by atoms with van der Waals surface area (Å²) in [6.07, 6.45) is -0.132. The van der Waals surface area contributed by atoms with Crippen LogP contribution in [0, 0.1) is 0 Å². The zero-order chi connectivity index (χ0) is 15.0. The Morgan fingerprint density at radius 2 is 1.80 bits per heavy atom. The van der Waals surface area contributed by atoms with E-state index in [4.69, 9.17) is 4.74 Å². The van der Waals surface area contributed by atoms with E-state index in [0.717, 1.165) is 24.2 Å².